The standard InChI is InChI=1S/C19H9F5N6O/c20-12-2-1-3-13(21)15(12)16-14(8-25)27-30(28-16)9-10-4-6-11(7-5-10)17-26-18(31-29-17)19(22,23)24/h1-7H,9H2. The molecule has 4 rings (SSSR count). The molecule has 0 unspecified atom stereocenters. The minimum absolute atomic E-state index is 0.0328. The predicted molar refractivity (Wildman–Crippen MR) is 93.9 cm³/mol. The summed E-state index contributed by atoms with van der Waals surface area (Å²) < 4.78 is 70.0. The van der Waals surface area contributed by atoms with Crippen molar-refractivity contribution in [2.75, 3.05) is 0 Å². The Morgan fingerprint density at radius 3 is 2.26 bits per heavy atom. The van der Waals surface area contributed by atoms with E-state index < -0.39 is 29.3 Å². The summed E-state index contributed by atoms with van der Waals surface area (Å²) in [5.74, 6) is -3.46. The Bertz CT molecular complexity index is 1270. The molecule has 0 aliphatic heterocycles. The molecule has 2 aromatic heterocycles. The Labute approximate surface area is 170 Å². The maximum absolute atomic E-state index is 14.1. The van der Waals surface area contributed by atoms with Gasteiger partial charge >= 0.3 is 12.1 Å². The van der Waals surface area contributed by atoms with Crippen LogP contribution < -0.4 is 0 Å². The van der Waals surface area contributed by atoms with Gasteiger partial charge in [0.15, 0.2) is 5.69 Å². The van der Waals surface area contributed by atoms with Gasteiger partial charge in [0.05, 0.1) is 12.1 Å². The maximum Gasteiger partial charge on any atom is 0.471 e. The predicted octanol–water partition coefficient (Wildman–Crippen LogP) is 4.21. The number of aromatic nitrogens is 5. The second-order valence-corrected chi connectivity index (χ2v) is 6.25. The highest BCUT2D eigenvalue weighted by atomic mass is 19.4. The fourth-order valence-electron chi connectivity index (χ4n) is 2.76. The second-order valence-electron chi connectivity index (χ2n) is 6.25. The molecule has 0 N–H and O–H groups in total. The van der Waals surface area contributed by atoms with Crippen molar-refractivity contribution in [2.24, 2.45) is 0 Å². The molecule has 31 heavy (non-hydrogen) atoms. The lowest BCUT2D eigenvalue weighted by atomic mass is 10.1. The molecule has 0 amide bonds. The Hall–Kier alpha value is -4.14. The molecule has 156 valence electrons. The van der Waals surface area contributed by atoms with Gasteiger partial charge in [0, 0.05) is 5.56 Å². The first-order valence-electron chi connectivity index (χ1n) is 8.56. The van der Waals surface area contributed by atoms with Crippen LogP contribution in [-0.2, 0) is 12.7 Å². The number of benzene rings is 2. The summed E-state index contributed by atoms with van der Waals surface area (Å²) in [4.78, 5) is 4.39. The average Bonchev–Trinajstić information content (AvgIpc) is 3.36. The average molecular weight is 432 g/mol. The summed E-state index contributed by atoms with van der Waals surface area (Å²) >= 11 is 0. The van der Waals surface area contributed by atoms with Crippen LogP contribution in [0.1, 0.15) is 17.1 Å². The van der Waals surface area contributed by atoms with E-state index in [1.807, 2.05) is 0 Å². The minimum Gasteiger partial charge on any atom is -0.329 e. The van der Waals surface area contributed by atoms with Crippen LogP contribution in [0.25, 0.3) is 22.6 Å². The van der Waals surface area contributed by atoms with Gasteiger partial charge in [-0.15, -0.1) is 5.10 Å². The molecule has 4 aromatic rings. The van der Waals surface area contributed by atoms with Crippen molar-refractivity contribution in [2.45, 2.75) is 12.7 Å². The van der Waals surface area contributed by atoms with Gasteiger partial charge in [0.1, 0.15) is 23.4 Å². The SMILES string of the molecule is N#Cc1nn(Cc2ccc(-c3noc(C(F)(F)F)n3)cc2)nc1-c1c(F)cccc1F. The molecule has 0 aliphatic rings. The first-order valence-corrected chi connectivity index (χ1v) is 8.56. The van der Waals surface area contributed by atoms with Gasteiger partial charge in [-0.2, -0.15) is 33.3 Å². The van der Waals surface area contributed by atoms with Crippen molar-refractivity contribution >= 4 is 0 Å². The fourth-order valence-corrected chi connectivity index (χ4v) is 2.76. The van der Waals surface area contributed by atoms with E-state index in [0.29, 0.717) is 5.56 Å². The zero-order valence-corrected chi connectivity index (χ0v) is 15.2. The van der Waals surface area contributed by atoms with Crippen LogP contribution in [0.15, 0.2) is 47.0 Å². The van der Waals surface area contributed by atoms with Crippen molar-refractivity contribution < 1.29 is 26.5 Å². The fraction of sp³-hybridized carbons (Fsp3) is 0.105. The van der Waals surface area contributed by atoms with E-state index in [-0.39, 0.29) is 29.3 Å². The Kier molecular flexibility index (Phi) is 4.94. The molecule has 7 nitrogen and oxygen atoms in total. The molecule has 0 bridgehead atoms. The third-order valence-electron chi connectivity index (χ3n) is 4.17. The van der Waals surface area contributed by atoms with Crippen molar-refractivity contribution in [1.82, 2.24) is 25.1 Å². The van der Waals surface area contributed by atoms with E-state index >= 15 is 0 Å². The number of rotatable bonds is 4. The number of nitrogens with zero attached hydrogens (tertiary/aromatic N) is 6. The molecule has 0 saturated heterocycles. The molecule has 2 heterocycles. The first kappa shape index (κ1) is 20.1. The highest BCUT2D eigenvalue weighted by Crippen LogP contribution is 2.30. The van der Waals surface area contributed by atoms with Crippen molar-refractivity contribution in [1.29, 1.82) is 5.26 Å². The van der Waals surface area contributed by atoms with Gasteiger partial charge in [0.25, 0.3) is 0 Å². The van der Waals surface area contributed by atoms with Crippen LogP contribution in [0.2, 0.25) is 0 Å². The lowest BCUT2D eigenvalue weighted by Crippen LogP contribution is -2.05. The lowest BCUT2D eigenvalue weighted by Gasteiger charge is -2.02. The number of halogens is 5. The van der Waals surface area contributed by atoms with Crippen molar-refractivity contribution in [3.63, 3.8) is 0 Å². The van der Waals surface area contributed by atoms with E-state index in [1.54, 1.807) is 18.2 Å². The molecule has 0 saturated carbocycles. The van der Waals surface area contributed by atoms with Gasteiger partial charge < -0.3 is 4.52 Å². The van der Waals surface area contributed by atoms with E-state index in [2.05, 4.69) is 24.9 Å². The van der Waals surface area contributed by atoms with Crippen molar-refractivity contribution in [3.05, 3.63) is 71.2 Å². The van der Waals surface area contributed by atoms with Crippen LogP contribution >= 0.6 is 0 Å². The largest absolute Gasteiger partial charge is 0.471 e. The van der Waals surface area contributed by atoms with Gasteiger partial charge in [-0.1, -0.05) is 35.5 Å². The van der Waals surface area contributed by atoms with E-state index in [9.17, 15) is 27.2 Å². The first-order chi connectivity index (χ1) is 14.8. The zero-order valence-electron chi connectivity index (χ0n) is 15.2. The summed E-state index contributed by atoms with van der Waals surface area (Å²) in [6.45, 7) is 0.0328. The maximum atomic E-state index is 14.1. The molecule has 0 aliphatic carbocycles. The van der Waals surface area contributed by atoms with Crippen molar-refractivity contribution in [3.8, 4) is 28.7 Å². The number of hydrogen-bond donors (Lipinski definition) is 0. The van der Waals surface area contributed by atoms with Gasteiger partial charge in [-0.3, -0.25) is 0 Å². The monoisotopic (exact) mass is 432 g/mol. The van der Waals surface area contributed by atoms with Crippen LogP contribution in [0.5, 0.6) is 0 Å². The highest BCUT2D eigenvalue weighted by molar-refractivity contribution is 5.65. The quantitative estimate of drug-likeness (QED) is 0.449. The van der Waals surface area contributed by atoms with Crippen LogP contribution in [0, 0.1) is 23.0 Å². The molecule has 0 atom stereocenters. The smallest absolute Gasteiger partial charge is 0.329 e. The topological polar surface area (TPSA) is 93.4 Å². The van der Waals surface area contributed by atoms with E-state index in [4.69, 9.17) is 0 Å². The van der Waals surface area contributed by atoms with E-state index in [1.165, 1.54) is 18.2 Å². The molecular weight excluding hydrogens is 423 g/mol. The minimum atomic E-state index is -4.75. The lowest BCUT2D eigenvalue weighted by molar-refractivity contribution is -0.159. The number of nitriles is 1. The molecule has 0 fully saturated rings. The molecular formula is C19H9F5N6O. The molecule has 0 radical (unpaired) electrons. The number of alkyl halides is 3. The zero-order chi connectivity index (χ0) is 22.2. The molecule has 12 heteroatoms. The number of hydrogen-bond acceptors (Lipinski definition) is 6. The molecule has 0 spiro atoms. The Balaban J connectivity index is 1.59. The highest BCUT2D eigenvalue weighted by Gasteiger charge is 2.38. The van der Waals surface area contributed by atoms with Gasteiger partial charge in [0.2, 0.25) is 5.82 Å². The summed E-state index contributed by atoms with van der Waals surface area (Å²) in [6.07, 6.45) is -4.75. The third-order valence-corrected chi connectivity index (χ3v) is 4.17. The third kappa shape index (κ3) is 3.97. The molecule has 2 aromatic carbocycles. The summed E-state index contributed by atoms with van der Waals surface area (Å²) in [7, 11) is 0. The van der Waals surface area contributed by atoms with Gasteiger partial charge in [-0.25, -0.2) is 8.78 Å². The summed E-state index contributed by atoms with van der Waals surface area (Å²) in [5, 5.41) is 20.5. The second kappa shape index (κ2) is 7.60. The summed E-state index contributed by atoms with van der Waals surface area (Å²) in [6, 6.07) is 11.1. The van der Waals surface area contributed by atoms with Crippen LogP contribution in [0.4, 0.5) is 22.0 Å². The normalized spacial score (nSPS) is 11.5. The van der Waals surface area contributed by atoms with Crippen LogP contribution in [0.3, 0.4) is 0 Å². The summed E-state index contributed by atoms with van der Waals surface area (Å²) in [5.41, 5.74) is -0.0712. The Morgan fingerprint density at radius 1 is 1.00 bits per heavy atom. The van der Waals surface area contributed by atoms with Gasteiger partial charge in [-0.05, 0) is 17.7 Å². The Morgan fingerprint density at radius 2 is 1.68 bits per heavy atom. The van der Waals surface area contributed by atoms with Crippen LogP contribution in [-0.4, -0.2) is 25.1 Å². The van der Waals surface area contributed by atoms with E-state index in [0.717, 1.165) is 16.9 Å².